The fraction of sp³-hybridized carbons (Fsp3) is 0.667. The van der Waals surface area contributed by atoms with Gasteiger partial charge in [-0.2, -0.15) is 0 Å². The Kier molecular flexibility index (Phi) is 20.8. The van der Waals surface area contributed by atoms with Crippen molar-refractivity contribution < 1.29 is 27.8 Å². The highest BCUT2D eigenvalue weighted by molar-refractivity contribution is 7.41. The molecule has 164 valence electrons. The lowest BCUT2D eigenvalue weighted by atomic mass is 10.5. The molecule has 0 aromatic carbocycles. The largest absolute Gasteiger partial charge is 0.376 e. The molecule has 0 aliphatic carbocycles. The zero-order chi connectivity index (χ0) is 21.0. The maximum Gasteiger partial charge on any atom is 0.332 e. The maximum absolute atomic E-state index is 6.16. The van der Waals surface area contributed by atoms with E-state index in [-0.39, 0.29) is 36.0 Å². The van der Waals surface area contributed by atoms with Gasteiger partial charge in [-0.15, -0.1) is 54.5 Å². The van der Waals surface area contributed by atoms with Gasteiger partial charge >= 0.3 is 8.60 Å². The van der Waals surface area contributed by atoms with Crippen LogP contribution in [-0.4, -0.2) is 75.6 Å². The fourth-order valence-corrected chi connectivity index (χ4v) is 3.37. The van der Waals surface area contributed by atoms with E-state index in [1.807, 2.05) is 0 Å². The summed E-state index contributed by atoms with van der Waals surface area (Å²) in [5.74, 6) is 0. The van der Waals surface area contributed by atoms with E-state index >= 15 is 0 Å². The molecule has 0 N–H and O–H groups in total. The van der Waals surface area contributed by atoms with Gasteiger partial charge in [-0.25, -0.2) is 0 Å². The zero-order valence-corrected chi connectivity index (χ0v) is 19.1. The maximum atomic E-state index is 6.16. The van der Waals surface area contributed by atoms with Gasteiger partial charge in [0.2, 0.25) is 0 Å². The van der Waals surface area contributed by atoms with Crippen molar-refractivity contribution in [3.8, 4) is 0 Å². The van der Waals surface area contributed by atoms with Gasteiger partial charge in [-0.1, -0.05) is 18.2 Å². The van der Waals surface area contributed by atoms with Gasteiger partial charge in [0.15, 0.2) is 0 Å². The van der Waals surface area contributed by atoms with Crippen LogP contribution in [0.15, 0.2) is 38.0 Å². The van der Waals surface area contributed by atoms with Crippen molar-refractivity contribution in [1.82, 2.24) is 0 Å². The predicted octanol–water partition coefficient (Wildman–Crippen LogP) is 4.69. The molecule has 0 bridgehead atoms. The van der Waals surface area contributed by atoms with Crippen LogP contribution in [0, 0.1) is 0 Å². The van der Waals surface area contributed by atoms with Crippen molar-refractivity contribution in [3.63, 3.8) is 0 Å². The summed E-state index contributed by atoms with van der Waals surface area (Å²) in [5.41, 5.74) is 0. The van der Waals surface area contributed by atoms with E-state index < -0.39 is 8.60 Å². The van der Waals surface area contributed by atoms with Gasteiger partial charge in [0.25, 0.3) is 0 Å². The summed E-state index contributed by atoms with van der Waals surface area (Å²) in [5, 5.41) is -1.08. The molecule has 10 heteroatoms. The average Bonchev–Trinajstić information content (AvgIpc) is 2.68. The summed E-state index contributed by atoms with van der Waals surface area (Å²) in [6, 6.07) is 0. The first-order valence-corrected chi connectivity index (χ1v) is 11.1. The monoisotopic (exact) mass is 478 g/mol. The Morgan fingerprint density at radius 1 is 0.571 bits per heavy atom. The Hall–Kier alpha value is 0.280. The van der Waals surface area contributed by atoms with Crippen LogP contribution in [0.3, 0.4) is 0 Å². The summed E-state index contributed by atoms with van der Waals surface area (Å²) in [7, 11) is -1.69. The molecule has 0 spiro atoms. The van der Waals surface area contributed by atoms with Gasteiger partial charge in [0.05, 0.1) is 75.6 Å². The highest BCUT2D eigenvalue weighted by Crippen LogP contribution is 2.40. The van der Waals surface area contributed by atoms with E-state index in [1.165, 1.54) is 0 Å². The Labute approximate surface area is 184 Å². The van der Waals surface area contributed by atoms with E-state index in [9.17, 15) is 0 Å². The molecule has 3 atom stereocenters. The Balaban J connectivity index is 4.32. The predicted molar refractivity (Wildman–Crippen MR) is 117 cm³/mol. The van der Waals surface area contributed by atoms with Crippen LogP contribution < -0.4 is 0 Å². The summed E-state index contributed by atoms with van der Waals surface area (Å²) < 4.78 is 32.8. The molecular weight excluding hydrogens is 450 g/mol. The van der Waals surface area contributed by atoms with Crippen LogP contribution in [0.4, 0.5) is 0 Å². The number of ether oxygens (including phenoxy) is 3. The van der Waals surface area contributed by atoms with Crippen molar-refractivity contribution in [2.24, 2.45) is 0 Å². The third kappa shape index (κ3) is 18.3. The lowest BCUT2D eigenvalue weighted by Gasteiger charge is -2.21. The van der Waals surface area contributed by atoms with Gasteiger partial charge in [-0.3, -0.25) is 0 Å². The standard InChI is InChI=1S/C18H30Cl3O6P/c1-4-7-22-10-16(19)13-25-28(26-14-17(20)11-23-8-5-2)27-15-18(21)12-24-9-6-3/h4-6,16-18H,1-3,7-15H2. The summed E-state index contributed by atoms with van der Waals surface area (Å²) in [6.45, 7) is 13.5. The number of alkyl halides is 3. The second-order valence-electron chi connectivity index (χ2n) is 5.38. The summed E-state index contributed by atoms with van der Waals surface area (Å²) in [4.78, 5) is 0. The molecular formula is C18H30Cl3O6P. The molecule has 0 aromatic rings. The van der Waals surface area contributed by atoms with Crippen molar-refractivity contribution in [2.75, 3.05) is 59.5 Å². The van der Waals surface area contributed by atoms with E-state index in [1.54, 1.807) is 18.2 Å². The molecule has 0 aliphatic heterocycles. The molecule has 28 heavy (non-hydrogen) atoms. The number of hydrogen-bond acceptors (Lipinski definition) is 6. The van der Waals surface area contributed by atoms with Gasteiger partial charge in [0.1, 0.15) is 0 Å². The average molecular weight is 480 g/mol. The molecule has 3 unspecified atom stereocenters. The Morgan fingerprint density at radius 3 is 1.11 bits per heavy atom. The molecule has 0 fully saturated rings. The normalized spacial score (nSPS) is 15.5. The van der Waals surface area contributed by atoms with Gasteiger partial charge in [-0.05, 0) is 0 Å². The minimum absolute atomic E-state index is 0.185. The molecule has 0 saturated heterocycles. The molecule has 0 aromatic heterocycles. The minimum Gasteiger partial charge on any atom is -0.376 e. The first kappa shape index (κ1) is 28.3. The third-order valence-electron chi connectivity index (χ3n) is 2.69. The van der Waals surface area contributed by atoms with Gasteiger partial charge in [0, 0.05) is 0 Å². The van der Waals surface area contributed by atoms with Crippen LogP contribution in [0.2, 0.25) is 0 Å². The van der Waals surface area contributed by atoms with Crippen LogP contribution in [0.1, 0.15) is 0 Å². The van der Waals surface area contributed by atoms with Crippen LogP contribution in [0.5, 0.6) is 0 Å². The number of halogens is 3. The highest BCUT2D eigenvalue weighted by atomic mass is 35.5. The SMILES string of the molecule is C=CCOCC(Cl)COP(OCC(Cl)COCC=C)OCC(Cl)COCC=C. The molecule has 0 aliphatic rings. The molecule has 6 nitrogen and oxygen atoms in total. The molecule has 0 radical (unpaired) electrons. The molecule has 0 amide bonds. The van der Waals surface area contributed by atoms with Crippen molar-refractivity contribution in [1.29, 1.82) is 0 Å². The fourth-order valence-electron chi connectivity index (χ4n) is 1.52. The second kappa shape index (κ2) is 20.5. The number of rotatable bonds is 21. The Bertz CT molecular complexity index is 348. The van der Waals surface area contributed by atoms with Crippen LogP contribution in [-0.2, 0) is 27.8 Å². The smallest absolute Gasteiger partial charge is 0.332 e. The first-order chi connectivity index (χ1) is 13.5. The second-order valence-corrected chi connectivity index (χ2v) is 8.45. The van der Waals surface area contributed by atoms with Crippen molar-refractivity contribution >= 4 is 43.4 Å². The third-order valence-corrected chi connectivity index (χ3v) is 4.52. The number of hydrogen-bond donors (Lipinski definition) is 0. The van der Waals surface area contributed by atoms with Crippen molar-refractivity contribution in [2.45, 2.75) is 16.1 Å². The van der Waals surface area contributed by atoms with E-state index in [4.69, 9.17) is 62.6 Å². The topological polar surface area (TPSA) is 55.4 Å². The summed E-state index contributed by atoms with van der Waals surface area (Å²) in [6.07, 6.45) is 4.94. The minimum atomic E-state index is -1.69. The summed E-state index contributed by atoms with van der Waals surface area (Å²) >= 11 is 18.5. The molecule has 0 rings (SSSR count). The van der Waals surface area contributed by atoms with Crippen LogP contribution >= 0.6 is 43.4 Å². The van der Waals surface area contributed by atoms with Gasteiger partial charge < -0.3 is 27.8 Å². The Morgan fingerprint density at radius 2 is 0.857 bits per heavy atom. The lowest BCUT2D eigenvalue weighted by Crippen LogP contribution is -2.20. The molecule has 0 heterocycles. The van der Waals surface area contributed by atoms with E-state index in [0.717, 1.165) is 0 Å². The highest BCUT2D eigenvalue weighted by Gasteiger charge is 2.20. The van der Waals surface area contributed by atoms with E-state index in [0.29, 0.717) is 39.6 Å². The van der Waals surface area contributed by atoms with Crippen LogP contribution in [0.25, 0.3) is 0 Å². The zero-order valence-electron chi connectivity index (χ0n) is 16.0. The lowest BCUT2D eigenvalue weighted by molar-refractivity contribution is 0.107. The van der Waals surface area contributed by atoms with E-state index in [2.05, 4.69) is 19.7 Å². The first-order valence-electron chi connectivity index (χ1n) is 8.70. The quantitative estimate of drug-likeness (QED) is 0.103. The van der Waals surface area contributed by atoms with Crippen molar-refractivity contribution in [3.05, 3.63) is 38.0 Å². The molecule has 0 saturated carbocycles.